The second-order valence-corrected chi connectivity index (χ2v) is 12.5. The normalized spacial score (nSPS) is 12.8. The van der Waals surface area contributed by atoms with Crippen LogP contribution in [-0.2, 0) is 14.8 Å². The topological polar surface area (TPSA) is 119 Å². The molecule has 0 saturated heterocycles. The van der Waals surface area contributed by atoms with Crippen molar-refractivity contribution in [2.75, 3.05) is 19.6 Å². The first-order valence-corrected chi connectivity index (χ1v) is 14.7. The number of halogens is 3. The largest absolute Gasteiger partial charge is 0.402 e. The van der Waals surface area contributed by atoms with Crippen molar-refractivity contribution in [2.45, 2.75) is 43.8 Å². The third-order valence-electron chi connectivity index (χ3n) is 5.84. The Labute approximate surface area is 234 Å². The van der Waals surface area contributed by atoms with E-state index < -0.39 is 52.0 Å². The van der Waals surface area contributed by atoms with Crippen molar-refractivity contribution in [2.24, 2.45) is 5.92 Å². The van der Waals surface area contributed by atoms with Crippen LogP contribution < -0.4 is 10.6 Å². The number of benzene rings is 2. The SMILES string of the molecule is CC(C)C[C@H](NC(=O)c1cc2ccccc2s1)C(=O)NCCCN(CC(F)(F)F)S(=O)(=O)c1ccccc1C#N. The van der Waals surface area contributed by atoms with Crippen LogP contribution in [0.3, 0.4) is 0 Å². The molecule has 0 aliphatic carbocycles. The summed E-state index contributed by atoms with van der Waals surface area (Å²) < 4.78 is 66.9. The number of alkyl halides is 3. The maximum Gasteiger partial charge on any atom is 0.402 e. The van der Waals surface area contributed by atoms with E-state index in [1.165, 1.54) is 29.5 Å². The zero-order valence-corrected chi connectivity index (χ0v) is 23.5. The van der Waals surface area contributed by atoms with Gasteiger partial charge < -0.3 is 10.6 Å². The van der Waals surface area contributed by atoms with Gasteiger partial charge in [0, 0.05) is 17.8 Å². The van der Waals surface area contributed by atoms with E-state index in [4.69, 9.17) is 0 Å². The smallest absolute Gasteiger partial charge is 0.354 e. The van der Waals surface area contributed by atoms with Crippen LogP contribution >= 0.6 is 11.3 Å². The number of sulfonamides is 1. The van der Waals surface area contributed by atoms with Gasteiger partial charge in [-0.15, -0.1) is 11.3 Å². The van der Waals surface area contributed by atoms with E-state index in [9.17, 15) is 36.4 Å². The number of carbonyl (C=O) groups is 2. The Balaban J connectivity index is 1.66. The van der Waals surface area contributed by atoms with E-state index in [2.05, 4.69) is 10.6 Å². The van der Waals surface area contributed by atoms with Crippen LogP contribution in [0.4, 0.5) is 13.2 Å². The predicted molar refractivity (Wildman–Crippen MR) is 146 cm³/mol. The molecule has 1 heterocycles. The number of fused-ring (bicyclic) bond motifs is 1. The lowest BCUT2D eigenvalue weighted by atomic mass is 10.0. The Hall–Kier alpha value is -3.47. The minimum absolute atomic E-state index is 0.0473. The second-order valence-electron chi connectivity index (χ2n) is 9.51. The molecule has 13 heteroatoms. The van der Waals surface area contributed by atoms with Crippen LogP contribution in [0.1, 0.15) is 41.9 Å². The molecule has 0 unspecified atom stereocenters. The molecule has 2 N–H and O–H groups in total. The van der Waals surface area contributed by atoms with E-state index in [1.54, 1.807) is 12.1 Å². The fraction of sp³-hybridized carbons (Fsp3) is 0.370. The number of nitrogens with zero attached hydrogens (tertiary/aromatic N) is 2. The van der Waals surface area contributed by atoms with Crippen LogP contribution in [0.2, 0.25) is 0 Å². The standard InChI is InChI=1S/C27H29F3N4O4S2/c1-18(2)14-21(33-26(36)23-15-19-8-3-5-10-22(19)39-23)25(35)32-12-7-13-34(17-27(28,29)30)40(37,38)24-11-6-4-9-20(24)16-31/h3-6,8-11,15,18,21H,7,12-14,17H2,1-2H3,(H,32,35)(H,33,36)/t21-/m0/s1. The van der Waals surface area contributed by atoms with Gasteiger partial charge in [0.15, 0.2) is 0 Å². The molecule has 2 aromatic carbocycles. The number of hydrogen-bond donors (Lipinski definition) is 2. The van der Waals surface area contributed by atoms with Crippen LogP contribution in [-0.4, -0.2) is 56.4 Å². The highest BCUT2D eigenvalue weighted by molar-refractivity contribution is 7.89. The Morgan fingerprint density at radius 1 is 1.10 bits per heavy atom. The maximum absolute atomic E-state index is 13.2. The van der Waals surface area contributed by atoms with Gasteiger partial charge in [0.1, 0.15) is 18.7 Å². The Morgan fingerprint density at radius 3 is 2.42 bits per heavy atom. The lowest BCUT2D eigenvalue weighted by molar-refractivity contribution is -0.136. The molecule has 8 nitrogen and oxygen atoms in total. The fourth-order valence-electron chi connectivity index (χ4n) is 4.02. The van der Waals surface area contributed by atoms with Gasteiger partial charge in [-0.25, -0.2) is 8.42 Å². The lowest BCUT2D eigenvalue weighted by Crippen LogP contribution is -2.48. The molecule has 0 fully saturated rings. The first-order valence-electron chi connectivity index (χ1n) is 12.4. The highest BCUT2D eigenvalue weighted by atomic mass is 32.2. The monoisotopic (exact) mass is 594 g/mol. The van der Waals surface area contributed by atoms with Crippen molar-refractivity contribution in [3.63, 3.8) is 0 Å². The van der Waals surface area contributed by atoms with Crippen molar-refractivity contribution in [1.29, 1.82) is 5.26 Å². The van der Waals surface area contributed by atoms with Crippen molar-refractivity contribution in [3.8, 4) is 6.07 Å². The van der Waals surface area contributed by atoms with E-state index in [0.717, 1.165) is 16.2 Å². The minimum Gasteiger partial charge on any atom is -0.354 e. The molecule has 0 saturated carbocycles. The quantitative estimate of drug-likeness (QED) is 0.295. The summed E-state index contributed by atoms with van der Waals surface area (Å²) in [5.74, 6) is -0.894. The van der Waals surface area contributed by atoms with E-state index in [0.29, 0.717) is 11.3 Å². The highest BCUT2D eigenvalue weighted by Crippen LogP contribution is 2.26. The van der Waals surface area contributed by atoms with Gasteiger partial charge in [-0.2, -0.15) is 22.7 Å². The van der Waals surface area contributed by atoms with Crippen molar-refractivity contribution in [1.82, 2.24) is 14.9 Å². The Bertz CT molecular complexity index is 1460. The molecule has 1 aromatic heterocycles. The summed E-state index contributed by atoms with van der Waals surface area (Å²) in [6, 6.07) is 15.0. The molecule has 1 atom stereocenters. The molecular formula is C27H29F3N4O4S2. The number of hydrogen-bond acceptors (Lipinski definition) is 6. The fourth-order valence-corrected chi connectivity index (χ4v) is 6.60. The predicted octanol–water partition coefficient (Wildman–Crippen LogP) is 4.68. The average molecular weight is 595 g/mol. The maximum atomic E-state index is 13.2. The molecular weight excluding hydrogens is 565 g/mol. The molecule has 2 amide bonds. The molecule has 3 rings (SSSR count). The van der Waals surface area contributed by atoms with E-state index in [-0.39, 0.29) is 28.8 Å². The summed E-state index contributed by atoms with van der Waals surface area (Å²) in [6.07, 6.45) is -4.63. The zero-order valence-electron chi connectivity index (χ0n) is 21.9. The summed E-state index contributed by atoms with van der Waals surface area (Å²) in [6.45, 7) is 1.33. The lowest BCUT2D eigenvalue weighted by Gasteiger charge is -2.24. The second kappa shape index (κ2) is 13.3. The highest BCUT2D eigenvalue weighted by Gasteiger charge is 2.37. The van der Waals surface area contributed by atoms with Gasteiger partial charge >= 0.3 is 6.18 Å². The van der Waals surface area contributed by atoms with Crippen LogP contribution in [0.25, 0.3) is 10.1 Å². The molecule has 3 aromatic rings. The third kappa shape index (κ3) is 8.27. The summed E-state index contributed by atoms with van der Waals surface area (Å²) in [5, 5.41) is 15.5. The summed E-state index contributed by atoms with van der Waals surface area (Å²) in [5.41, 5.74) is -0.270. The average Bonchev–Trinajstić information content (AvgIpc) is 3.33. The molecule has 0 aliphatic rings. The molecule has 214 valence electrons. The zero-order chi connectivity index (χ0) is 29.5. The summed E-state index contributed by atoms with van der Waals surface area (Å²) >= 11 is 1.29. The molecule has 40 heavy (non-hydrogen) atoms. The Morgan fingerprint density at radius 2 is 1.77 bits per heavy atom. The van der Waals surface area contributed by atoms with Crippen LogP contribution in [0, 0.1) is 17.2 Å². The third-order valence-corrected chi connectivity index (χ3v) is 8.86. The molecule has 0 bridgehead atoms. The number of amides is 2. The molecule has 0 spiro atoms. The van der Waals surface area contributed by atoms with Gasteiger partial charge in [0.2, 0.25) is 15.9 Å². The number of carbonyl (C=O) groups excluding carboxylic acids is 2. The molecule has 0 aliphatic heterocycles. The van der Waals surface area contributed by atoms with Crippen molar-refractivity contribution >= 4 is 43.3 Å². The van der Waals surface area contributed by atoms with Crippen LogP contribution in [0.5, 0.6) is 0 Å². The van der Waals surface area contributed by atoms with Crippen molar-refractivity contribution < 1.29 is 31.2 Å². The summed E-state index contributed by atoms with van der Waals surface area (Å²) in [4.78, 5) is 25.7. The van der Waals surface area contributed by atoms with Gasteiger partial charge in [-0.1, -0.05) is 44.2 Å². The first-order chi connectivity index (χ1) is 18.8. The van der Waals surface area contributed by atoms with E-state index >= 15 is 0 Å². The number of nitrogens with one attached hydrogen (secondary N) is 2. The number of rotatable bonds is 12. The Kier molecular flexibility index (Phi) is 10.3. The number of thiophene rings is 1. The van der Waals surface area contributed by atoms with Gasteiger partial charge in [0.05, 0.1) is 15.3 Å². The number of nitriles is 1. The van der Waals surface area contributed by atoms with Crippen LogP contribution in [0.15, 0.2) is 59.5 Å². The first kappa shape index (κ1) is 31.1. The molecule has 0 radical (unpaired) electrons. The van der Waals surface area contributed by atoms with Gasteiger partial charge in [0.25, 0.3) is 5.91 Å². The van der Waals surface area contributed by atoms with Crippen molar-refractivity contribution in [3.05, 3.63) is 65.0 Å². The van der Waals surface area contributed by atoms with E-state index in [1.807, 2.05) is 38.1 Å². The minimum atomic E-state index is -4.82. The van der Waals surface area contributed by atoms with Gasteiger partial charge in [-0.3, -0.25) is 9.59 Å². The summed E-state index contributed by atoms with van der Waals surface area (Å²) in [7, 11) is -4.65. The van der Waals surface area contributed by atoms with Gasteiger partial charge in [-0.05, 0) is 48.4 Å².